The standard InChI is InChI=1S/C30H37NO9/c1-16(2)26(34)38-20(27(35)40-28(3,4)5)14-22(33)37-19-9-10-30(36)21-13-17-7-8-18(15-32)24-23(17)29(30,25(19)39-24)11-12-31(21)6/h7-9,15-16,20-21,25,36H,10-14H2,1-6H3/t20-,21+,25-,29-,30+/m0/s1. The number of aliphatic hydroxyl groups is 1. The Morgan fingerprint density at radius 1 is 1.23 bits per heavy atom. The van der Waals surface area contributed by atoms with Crippen molar-refractivity contribution in [2.75, 3.05) is 13.6 Å². The van der Waals surface area contributed by atoms with Crippen LogP contribution in [0.15, 0.2) is 24.0 Å². The van der Waals surface area contributed by atoms with Crippen molar-refractivity contribution >= 4 is 24.2 Å². The lowest BCUT2D eigenvalue weighted by atomic mass is 9.50. The third kappa shape index (κ3) is 4.32. The maximum atomic E-state index is 13.2. The highest BCUT2D eigenvalue weighted by Crippen LogP contribution is 2.64. The molecule has 5 atom stereocenters. The highest BCUT2D eigenvalue weighted by atomic mass is 16.6. The highest BCUT2D eigenvalue weighted by Gasteiger charge is 2.72. The molecule has 5 rings (SSSR count). The summed E-state index contributed by atoms with van der Waals surface area (Å²) in [5.41, 5.74) is -0.784. The van der Waals surface area contributed by atoms with E-state index in [4.69, 9.17) is 18.9 Å². The van der Waals surface area contributed by atoms with Gasteiger partial charge in [-0.3, -0.25) is 14.4 Å². The summed E-state index contributed by atoms with van der Waals surface area (Å²) in [5.74, 6) is -2.20. The van der Waals surface area contributed by atoms with Crippen LogP contribution in [0.4, 0.5) is 0 Å². The summed E-state index contributed by atoms with van der Waals surface area (Å²) in [6, 6.07) is 3.45. The van der Waals surface area contributed by atoms with E-state index in [0.29, 0.717) is 30.7 Å². The van der Waals surface area contributed by atoms with Gasteiger partial charge in [0.05, 0.1) is 28.9 Å². The molecule has 1 aromatic rings. The number of ether oxygens (including phenoxy) is 4. The second kappa shape index (κ2) is 9.69. The molecule has 2 bridgehead atoms. The summed E-state index contributed by atoms with van der Waals surface area (Å²) in [7, 11) is 1.99. The number of carbonyl (C=O) groups is 4. The molecule has 2 aliphatic heterocycles. The molecule has 0 radical (unpaired) electrons. The van der Waals surface area contributed by atoms with Gasteiger partial charge in [0, 0.05) is 18.0 Å². The predicted octanol–water partition coefficient (Wildman–Crippen LogP) is 2.62. The molecular formula is C30H37NO9. The molecule has 1 aromatic carbocycles. The summed E-state index contributed by atoms with van der Waals surface area (Å²) in [6.45, 7) is 8.95. The molecule has 0 unspecified atom stereocenters. The van der Waals surface area contributed by atoms with Crippen molar-refractivity contribution in [1.29, 1.82) is 0 Å². The van der Waals surface area contributed by atoms with Crippen LogP contribution in [0.5, 0.6) is 5.75 Å². The van der Waals surface area contributed by atoms with E-state index in [0.717, 1.165) is 17.4 Å². The van der Waals surface area contributed by atoms with E-state index in [2.05, 4.69) is 4.90 Å². The first kappa shape index (κ1) is 28.3. The molecule has 2 aliphatic carbocycles. The molecule has 1 N–H and O–H groups in total. The monoisotopic (exact) mass is 555 g/mol. The summed E-state index contributed by atoms with van der Waals surface area (Å²) < 4.78 is 22.9. The molecule has 0 amide bonds. The average molecular weight is 556 g/mol. The number of aldehydes is 1. The molecular weight excluding hydrogens is 518 g/mol. The lowest BCUT2D eigenvalue weighted by Gasteiger charge is -2.61. The molecule has 4 aliphatic rings. The molecule has 40 heavy (non-hydrogen) atoms. The number of carbonyl (C=O) groups excluding carboxylic acids is 4. The van der Waals surface area contributed by atoms with Gasteiger partial charge < -0.3 is 29.0 Å². The van der Waals surface area contributed by atoms with E-state index < -0.39 is 59.1 Å². The van der Waals surface area contributed by atoms with Crippen LogP contribution in [0.3, 0.4) is 0 Å². The minimum absolute atomic E-state index is 0.187. The fraction of sp³-hybridized carbons (Fsp3) is 0.600. The van der Waals surface area contributed by atoms with Crippen molar-refractivity contribution in [2.45, 2.75) is 95.2 Å². The van der Waals surface area contributed by atoms with E-state index in [1.807, 2.05) is 13.1 Å². The topological polar surface area (TPSA) is 129 Å². The van der Waals surface area contributed by atoms with Crippen LogP contribution in [-0.2, 0) is 40.4 Å². The number of piperidine rings is 1. The Balaban J connectivity index is 1.45. The molecule has 1 fully saturated rings. The smallest absolute Gasteiger partial charge is 0.348 e. The molecule has 10 heteroatoms. The normalized spacial score (nSPS) is 29.1. The number of nitrogens with zero attached hydrogens (tertiary/aromatic N) is 1. The number of likely N-dealkylation sites (tertiary alicyclic amines) is 1. The van der Waals surface area contributed by atoms with Crippen molar-refractivity contribution in [1.82, 2.24) is 4.90 Å². The Morgan fingerprint density at radius 3 is 2.60 bits per heavy atom. The minimum Gasteiger partial charge on any atom is -0.480 e. The van der Waals surface area contributed by atoms with Crippen molar-refractivity contribution in [2.24, 2.45) is 5.92 Å². The summed E-state index contributed by atoms with van der Waals surface area (Å²) in [5, 5.41) is 12.3. The number of rotatable bonds is 7. The van der Waals surface area contributed by atoms with E-state index in [-0.39, 0.29) is 18.2 Å². The first-order chi connectivity index (χ1) is 18.7. The first-order valence-corrected chi connectivity index (χ1v) is 13.8. The van der Waals surface area contributed by atoms with Gasteiger partial charge >= 0.3 is 17.9 Å². The summed E-state index contributed by atoms with van der Waals surface area (Å²) >= 11 is 0. The summed E-state index contributed by atoms with van der Waals surface area (Å²) in [4.78, 5) is 52.5. The summed E-state index contributed by atoms with van der Waals surface area (Å²) in [6.07, 6.45) is 0.849. The Morgan fingerprint density at radius 2 is 1.95 bits per heavy atom. The quantitative estimate of drug-likeness (QED) is 0.305. The van der Waals surface area contributed by atoms with Crippen molar-refractivity contribution in [3.63, 3.8) is 0 Å². The van der Waals surface area contributed by atoms with Gasteiger partial charge in [-0.15, -0.1) is 0 Å². The largest absolute Gasteiger partial charge is 0.480 e. The molecule has 2 heterocycles. The fourth-order valence-corrected chi connectivity index (χ4v) is 6.71. The maximum absolute atomic E-state index is 13.2. The van der Waals surface area contributed by atoms with Crippen LogP contribution in [0.2, 0.25) is 0 Å². The van der Waals surface area contributed by atoms with Crippen LogP contribution in [-0.4, -0.2) is 77.2 Å². The Labute approximate surface area is 233 Å². The highest BCUT2D eigenvalue weighted by molar-refractivity contribution is 5.86. The zero-order valence-corrected chi connectivity index (χ0v) is 23.8. The Kier molecular flexibility index (Phi) is 6.86. The van der Waals surface area contributed by atoms with E-state index in [9.17, 15) is 24.3 Å². The van der Waals surface area contributed by atoms with Gasteiger partial charge in [-0.05, 0) is 64.9 Å². The van der Waals surface area contributed by atoms with Crippen LogP contribution < -0.4 is 4.74 Å². The van der Waals surface area contributed by atoms with Gasteiger partial charge in [0.2, 0.25) is 6.10 Å². The zero-order valence-electron chi connectivity index (χ0n) is 23.8. The third-order valence-corrected chi connectivity index (χ3v) is 8.51. The number of benzene rings is 1. The van der Waals surface area contributed by atoms with Crippen molar-refractivity contribution < 1.29 is 43.2 Å². The zero-order chi connectivity index (χ0) is 29.2. The fourth-order valence-electron chi connectivity index (χ4n) is 6.71. The van der Waals surface area contributed by atoms with Gasteiger partial charge in [-0.2, -0.15) is 0 Å². The second-order valence-corrected chi connectivity index (χ2v) is 12.6. The Hall–Kier alpha value is -3.24. The number of esters is 3. The molecule has 1 saturated heterocycles. The van der Waals surface area contributed by atoms with Crippen LogP contribution in [0.25, 0.3) is 0 Å². The van der Waals surface area contributed by atoms with Gasteiger partial charge in [-0.25, -0.2) is 4.79 Å². The number of hydrogen-bond acceptors (Lipinski definition) is 10. The van der Waals surface area contributed by atoms with E-state index in [1.54, 1.807) is 46.8 Å². The van der Waals surface area contributed by atoms with Gasteiger partial charge in [0.15, 0.2) is 12.4 Å². The van der Waals surface area contributed by atoms with Crippen LogP contribution in [0.1, 0.15) is 75.4 Å². The lowest BCUT2D eigenvalue weighted by molar-refractivity contribution is -0.181. The molecule has 0 saturated carbocycles. The maximum Gasteiger partial charge on any atom is 0.348 e. The van der Waals surface area contributed by atoms with Crippen LogP contribution >= 0.6 is 0 Å². The lowest BCUT2D eigenvalue weighted by Crippen LogP contribution is -2.74. The van der Waals surface area contributed by atoms with Crippen molar-refractivity contribution in [3.8, 4) is 5.75 Å². The molecule has 216 valence electrons. The first-order valence-electron chi connectivity index (χ1n) is 13.8. The van der Waals surface area contributed by atoms with Gasteiger partial charge in [0.25, 0.3) is 0 Å². The van der Waals surface area contributed by atoms with Gasteiger partial charge in [0.1, 0.15) is 17.1 Å². The van der Waals surface area contributed by atoms with Gasteiger partial charge in [-0.1, -0.05) is 19.9 Å². The predicted molar refractivity (Wildman–Crippen MR) is 142 cm³/mol. The molecule has 10 nitrogen and oxygen atoms in total. The van der Waals surface area contributed by atoms with Crippen LogP contribution in [0, 0.1) is 5.92 Å². The number of hydrogen-bond donors (Lipinski definition) is 1. The molecule has 1 spiro atoms. The molecule has 0 aromatic heterocycles. The second-order valence-electron chi connectivity index (χ2n) is 12.6. The van der Waals surface area contributed by atoms with E-state index in [1.165, 1.54) is 0 Å². The number of likely N-dealkylation sites (N-methyl/N-ethyl adjacent to an activating group) is 1. The van der Waals surface area contributed by atoms with E-state index >= 15 is 0 Å². The SMILES string of the molecule is CC(C)C(=O)O[C@@H](CC(=O)OC1=CC[C@@]2(O)[C@H]3Cc4ccc(C=O)c5c4[C@@]2(CCN3C)[C@H]1O5)C(=O)OC(C)(C)C. The average Bonchev–Trinajstić information content (AvgIpc) is 3.22. The Bertz CT molecular complexity index is 1290. The van der Waals surface area contributed by atoms with Crippen molar-refractivity contribution in [3.05, 3.63) is 40.7 Å². The third-order valence-electron chi connectivity index (χ3n) is 8.51. The minimum atomic E-state index is -1.49.